The third-order valence-electron chi connectivity index (χ3n) is 4.79. The van der Waals surface area contributed by atoms with Gasteiger partial charge in [0.05, 0.1) is 28.3 Å². The molecule has 0 saturated carbocycles. The summed E-state index contributed by atoms with van der Waals surface area (Å²) in [5.74, 6) is -0.157. The Bertz CT molecular complexity index is 1220. The molecule has 0 aliphatic carbocycles. The molecule has 0 radical (unpaired) electrons. The zero-order valence-electron chi connectivity index (χ0n) is 19.2. The van der Waals surface area contributed by atoms with E-state index in [4.69, 9.17) is 9.47 Å². The van der Waals surface area contributed by atoms with Gasteiger partial charge in [0.25, 0.3) is 0 Å². The predicted octanol–water partition coefficient (Wildman–Crippen LogP) is 4.71. The highest BCUT2D eigenvalue weighted by Gasteiger charge is 2.34. The molecule has 0 aliphatic heterocycles. The summed E-state index contributed by atoms with van der Waals surface area (Å²) in [6.07, 6.45) is 0. The normalized spacial score (nSPS) is 11.9. The van der Waals surface area contributed by atoms with E-state index in [0.29, 0.717) is 12.4 Å². The molecule has 0 unspecified atom stereocenters. The summed E-state index contributed by atoms with van der Waals surface area (Å²) in [5, 5.41) is 4.42. The van der Waals surface area contributed by atoms with Crippen LogP contribution in [0.5, 0.6) is 11.6 Å². The summed E-state index contributed by atoms with van der Waals surface area (Å²) >= 11 is 0. The minimum atomic E-state index is -3.98. The second kappa shape index (κ2) is 8.78. The standard InChI is InChI=1S/C24H28N2O5S/c1-7-30-19-12-10-18(11-13-19)23(27)31-22-21(17(3)25-26(22)24(4,5)6)32(28,29)20-14-8-16(2)9-15-20/h8-15H,7H2,1-6H3. The van der Waals surface area contributed by atoms with Crippen LogP contribution in [0.25, 0.3) is 0 Å². The fraction of sp³-hybridized carbons (Fsp3) is 0.333. The van der Waals surface area contributed by atoms with E-state index in [9.17, 15) is 13.2 Å². The molecule has 0 saturated heterocycles. The Morgan fingerprint density at radius 3 is 2.12 bits per heavy atom. The van der Waals surface area contributed by atoms with E-state index < -0.39 is 21.3 Å². The molecule has 7 nitrogen and oxygen atoms in total. The van der Waals surface area contributed by atoms with Crippen molar-refractivity contribution in [3.8, 4) is 11.6 Å². The van der Waals surface area contributed by atoms with E-state index in [1.165, 1.54) is 16.8 Å². The number of carbonyl (C=O) groups is 1. The van der Waals surface area contributed by atoms with Crippen LogP contribution in [0.3, 0.4) is 0 Å². The first-order valence-electron chi connectivity index (χ1n) is 10.3. The summed E-state index contributed by atoms with van der Waals surface area (Å²) in [4.78, 5) is 12.9. The van der Waals surface area contributed by atoms with Crippen LogP contribution < -0.4 is 9.47 Å². The number of hydrogen-bond donors (Lipinski definition) is 0. The lowest BCUT2D eigenvalue weighted by Gasteiger charge is -2.22. The Labute approximate surface area is 188 Å². The highest BCUT2D eigenvalue weighted by Crippen LogP contribution is 2.36. The molecule has 0 bridgehead atoms. The van der Waals surface area contributed by atoms with E-state index in [0.717, 1.165) is 5.56 Å². The van der Waals surface area contributed by atoms with E-state index in [2.05, 4.69) is 5.10 Å². The topological polar surface area (TPSA) is 87.5 Å². The summed E-state index contributed by atoms with van der Waals surface area (Å²) in [5.41, 5.74) is 0.843. The molecule has 3 aromatic rings. The van der Waals surface area contributed by atoms with Crippen LogP contribution in [0.1, 0.15) is 49.3 Å². The number of ether oxygens (including phenoxy) is 2. The highest BCUT2D eigenvalue weighted by molar-refractivity contribution is 7.91. The van der Waals surface area contributed by atoms with E-state index in [1.807, 2.05) is 34.6 Å². The third kappa shape index (κ3) is 4.70. The lowest BCUT2D eigenvalue weighted by atomic mass is 10.1. The molecule has 0 N–H and O–H groups in total. The smallest absolute Gasteiger partial charge is 0.344 e. The van der Waals surface area contributed by atoms with Gasteiger partial charge < -0.3 is 9.47 Å². The fourth-order valence-corrected chi connectivity index (χ4v) is 4.70. The number of esters is 1. The van der Waals surface area contributed by atoms with Gasteiger partial charge in [0.15, 0.2) is 4.90 Å². The zero-order chi connectivity index (χ0) is 23.7. The van der Waals surface area contributed by atoms with Gasteiger partial charge in [0, 0.05) is 0 Å². The molecule has 32 heavy (non-hydrogen) atoms. The molecule has 0 amide bonds. The van der Waals surface area contributed by atoms with Gasteiger partial charge in [-0.3, -0.25) is 0 Å². The summed E-state index contributed by atoms with van der Waals surface area (Å²) in [7, 11) is -3.98. The van der Waals surface area contributed by atoms with Crippen molar-refractivity contribution in [2.45, 2.75) is 56.9 Å². The van der Waals surface area contributed by atoms with Crippen LogP contribution in [0.2, 0.25) is 0 Å². The molecule has 1 aromatic heterocycles. The maximum absolute atomic E-state index is 13.5. The number of benzene rings is 2. The van der Waals surface area contributed by atoms with Gasteiger partial charge in [0.1, 0.15) is 5.75 Å². The summed E-state index contributed by atoms with van der Waals surface area (Å²) < 4.78 is 39.5. The Kier molecular flexibility index (Phi) is 6.46. The first-order valence-corrected chi connectivity index (χ1v) is 11.8. The highest BCUT2D eigenvalue weighted by atomic mass is 32.2. The second-order valence-electron chi connectivity index (χ2n) is 8.47. The Morgan fingerprint density at radius 1 is 1.00 bits per heavy atom. The summed E-state index contributed by atoms with van der Waals surface area (Å²) in [6.45, 7) is 11.4. The largest absolute Gasteiger partial charge is 0.494 e. The van der Waals surface area contributed by atoms with Crippen LogP contribution in [-0.2, 0) is 15.4 Å². The molecule has 3 rings (SSSR count). The number of sulfone groups is 1. The van der Waals surface area contributed by atoms with Crippen molar-refractivity contribution in [1.82, 2.24) is 9.78 Å². The quantitative estimate of drug-likeness (QED) is 0.500. The van der Waals surface area contributed by atoms with E-state index >= 15 is 0 Å². The minimum Gasteiger partial charge on any atom is -0.494 e. The van der Waals surface area contributed by atoms with Gasteiger partial charge in [-0.25, -0.2) is 17.9 Å². The molecular formula is C24H28N2O5S. The average molecular weight is 457 g/mol. The minimum absolute atomic E-state index is 0.102. The SMILES string of the molecule is CCOc1ccc(C(=O)Oc2c(S(=O)(=O)c3ccc(C)cc3)c(C)nn2C(C)(C)C)cc1. The van der Waals surface area contributed by atoms with Crippen LogP contribution >= 0.6 is 0 Å². The molecule has 8 heteroatoms. The van der Waals surface area contributed by atoms with Gasteiger partial charge in [-0.2, -0.15) is 5.10 Å². The Hall–Kier alpha value is -3.13. The lowest BCUT2D eigenvalue weighted by molar-refractivity contribution is 0.0703. The number of aryl methyl sites for hydroxylation is 2. The monoisotopic (exact) mass is 456 g/mol. The van der Waals surface area contributed by atoms with Crippen LogP contribution in [0.15, 0.2) is 58.3 Å². The number of carbonyl (C=O) groups excluding carboxylic acids is 1. The third-order valence-corrected chi connectivity index (χ3v) is 6.69. The van der Waals surface area contributed by atoms with Gasteiger partial charge in [-0.05, 0) is 77.9 Å². The maximum Gasteiger partial charge on any atom is 0.344 e. The van der Waals surface area contributed by atoms with Gasteiger partial charge in [-0.1, -0.05) is 17.7 Å². The molecule has 0 fully saturated rings. The molecule has 1 heterocycles. The number of rotatable bonds is 6. The first-order chi connectivity index (χ1) is 14.9. The molecule has 2 aromatic carbocycles. The Morgan fingerprint density at radius 2 is 1.59 bits per heavy atom. The van der Waals surface area contributed by atoms with E-state index in [1.54, 1.807) is 43.3 Å². The molecule has 0 spiro atoms. The fourth-order valence-electron chi connectivity index (χ4n) is 3.18. The van der Waals surface area contributed by atoms with Crippen molar-refractivity contribution in [1.29, 1.82) is 0 Å². The van der Waals surface area contributed by atoms with Gasteiger partial charge >= 0.3 is 5.97 Å². The number of hydrogen-bond acceptors (Lipinski definition) is 6. The van der Waals surface area contributed by atoms with E-state index in [-0.39, 0.29) is 26.9 Å². The van der Waals surface area contributed by atoms with Crippen molar-refractivity contribution in [2.24, 2.45) is 0 Å². The van der Waals surface area contributed by atoms with Crippen molar-refractivity contribution in [2.75, 3.05) is 6.61 Å². The average Bonchev–Trinajstić information content (AvgIpc) is 3.06. The van der Waals surface area contributed by atoms with Crippen molar-refractivity contribution < 1.29 is 22.7 Å². The van der Waals surface area contributed by atoms with Gasteiger partial charge in [-0.15, -0.1) is 0 Å². The number of aromatic nitrogens is 2. The van der Waals surface area contributed by atoms with Crippen LogP contribution in [0, 0.1) is 13.8 Å². The molecule has 0 atom stereocenters. The van der Waals surface area contributed by atoms with Crippen molar-refractivity contribution in [3.05, 3.63) is 65.4 Å². The lowest BCUT2D eigenvalue weighted by Crippen LogP contribution is -2.26. The first kappa shape index (κ1) is 23.5. The van der Waals surface area contributed by atoms with Crippen LogP contribution in [0.4, 0.5) is 0 Å². The Balaban J connectivity index is 2.09. The molecule has 0 aliphatic rings. The molecule has 170 valence electrons. The number of nitrogens with zero attached hydrogens (tertiary/aromatic N) is 2. The van der Waals surface area contributed by atoms with Crippen molar-refractivity contribution in [3.63, 3.8) is 0 Å². The van der Waals surface area contributed by atoms with Crippen molar-refractivity contribution >= 4 is 15.8 Å². The maximum atomic E-state index is 13.5. The molecular weight excluding hydrogens is 428 g/mol. The van der Waals surface area contributed by atoms with Gasteiger partial charge in [0.2, 0.25) is 15.7 Å². The second-order valence-corrected chi connectivity index (χ2v) is 10.4. The predicted molar refractivity (Wildman–Crippen MR) is 121 cm³/mol. The zero-order valence-corrected chi connectivity index (χ0v) is 20.0. The van der Waals surface area contributed by atoms with Crippen LogP contribution in [-0.4, -0.2) is 30.8 Å². The summed E-state index contributed by atoms with van der Waals surface area (Å²) in [6, 6.07) is 13.0.